The fraction of sp³-hybridized carbons (Fsp3) is 0.500. The van der Waals surface area contributed by atoms with Crippen LogP contribution in [0, 0.1) is 0 Å². The summed E-state index contributed by atoms with van der Waals surface area (Å²) >= 11 is 1.52. The van der Waals surface area contributed by atoms with Crippen molar-refractivity contribution in [3.05, 3.63) is 35.1 Å². The van der Waals surface area contributed by atoms with E-state index in [-0.39, 0.29) is 0 Å². The first-order valence-corrected chi connectivity index (χ1v) is 9.83. The largest absolute Gasteiger partial charge is 0.497 e. The van der Waals surface area contributed by atoms with Gasteiger partial charge in [-0.2, -0.15) is 9.61 Å². The van der Waals surface area contributed by atoms with E-state index in [1.54, 1.807) is 7.11 Å². The number of ether oxygens (including phenoxy) is 2. The number of fused-ring (bicyclic) bond motifs is 1. The molecule has 26 heavy (non-hydrogen) atoms. The molecule has 1 fully saturated rings. The van der Waals surface area contributed by atoms with Crippen molar-refractivity contribution in [2.75, 3.05) is 20.2 Å². The van der Waals surface area contributed by atoms with E-state index in [1.807, 2.05) is 28.8 Å². The van der Waals surface area contributed by atoms with Crippen LogP contribution >= 0.6 is 11.3 Å². The second-order valence-corrected chi connectivity index (χ2v) is 7.50. The molecule has 0 N–H and O–H groups in total. The molecule has 0 aliphatic carbocycles. The van der Waals surface area contributed by atoms with Gasteiger partial charge in [0.1, 0.15) is 18.1 Å². The summed E-state index contributed by atoms with van der Waals surface area (Å²) in [6, 6.07) is 7.58. The second kappa shape index (κ2) is 8.01. The lowest BCUT2D eigenvalue weighted by Gasteiger charge is -2.17. The smallest absolute Gasteiger partial charge is 0.234 e. The van der Waals surface area contributed by atoms with Crippen molar-refractivity contribution in [3.8, 4) is 11.5 Å². The Kier molecular flexibility index (Phi) is 5.31. The van der Waals surface area contributed by atoms with Crippen LogP contribution in [0.15, 0.2) is 24.3 Å². The summed E-state index contributed by atoms with van der Waals surface area (Å²) in [4.78, 5) is 3.27. The average molecular weight is 373 g/mol. The molecule has 0 radical (unpaired) electrons. The van der Waals surface area contributed by atoms with Gasteiger partial charge in [0.05, 0.1) is 13.7 Å². The van der Waals surface area contributed by atoms with Crippen molar-refractivity contribution in [3.63, 3.8) is 0 Å². The highest BCUT2D eigenvalue weighted by molar-refractivity contribution is 7.16. The Balaban J connectivity index is 1.43. The van der Waals surface area contributed by atoms with E-state index < -0.39 is 0 Å². The zero-order valence-corrected chi connectivity index (χ0v) is 15.7. The molecular weight excluding hydrogens is 350 g/mol. The first kappa shape index (κ1) is 17.2. The Labute approximate surface area is 156 Å². The molecule has 1 aromatic carbocycles. The number of hydrogen-bond donors (Lipinski definition) is 0. The van der Waals surface area contributed by atoms with E-state index in [4.69, 9.17) is 9.47 Å². The van der Waals surface area contributed by atoms with Gasteiger partial charge in [0.2, 0.25) is 4.96 Å². The Morgan fingerprint density at radius 1 is 1.08 bits per heavy atom. The van der Waals surface area contributed by atoms with Crippen molar-refractivity contribution in [1.29, 1.82) is 0 Å². The number of likely N-dealkylation sites (tertiary alicyclic amines) is 1. The number of aromatic nitrogens is 4. The fourth-order valence-corrected chi connectivity index (χ4v) is 3.95. The number of hydrogen-bond acceptors (Lipinski definition) is 7. The summed E-state index contributed by atoms with van der Waals surface area (Å²) in [5, 5.41) is 14.1. The highest BCUT2D eigenvalue weighted by atomic mass is 32.1. The molecular formula is C18H23N5O2S. The van der Waals surface area contributed by atoms with Crippen LogP contribution in [0.1, 0.15) is 36.5 Å². The topological polar surface area (TPSA) is 64.8 Å². The Morgan fingerprint density at radius 3 is 2.69 bits per heavy atom. The van der Waals surface area contributed by atoms with Crippen molar-refractivity contribution in [2.45, 2.75) is 38.8 Å². The Morgan fingerprint density at radius 2 is 1.88 bits per heavy atom. The summed E-state index contributed by atoms with van der Waals surface area (Å²) in [5.41, 5.74) is 0. The van der Waals surface area contributed by atoms with Gasteiger partial charge in [-0.25, -0.2) is 0 Å². The third-order valence-electron chi connectivity index (χ3n) is 4.56. The normalized spacial score (nSPS) is 15.9. The SMILES string of the molecule is COc1cccc(OCc2nn3c(CN4CCCCCC4)nnc3s2)c1. The zero-order chi connectivity index (χ0) is 17.8. The molecule has 1 aliphatic rings. The van der Waals surface area contributed by atoms with Gasteiger partial charge >= 0.3 is 0 Å². The summed E-state index contributed by atoms with van der Waals surface area (Å²) in [5.74, 6) is 2.45. The summed E-state index contributed by atoms with van der Waals surface area (Å²) in [7, 11) is 1.65. The maximum atomic E-state index is 5.84. The van der Waals surface area contributed by atoms with Crippen molar-refractivity contribution in [1.82, 2.24) is 24.7 Å². The highest BCUT2D eigenvalue weighted by Gasteiger charge is 2.16. The minimum atomic E-state index is 0.407. The number of benzene rings is 1. The van der Waals surface area contributed by atoms with Gasteiger partial charge in [0.15, 0.2) is 10.8 Å². The second-order valence-electron chi connectivity index (χ2n) is 6.46. The number of methoxy groups -OCH3 is 1. The predicted molar refractivity (Wildman–Crippen MR) is 99.7 cm³/mol. The van der Waals surface area contributed by atoms with E-state index >= 15 is 0 Å². The standard InChI is InChI=1S/C18H23N5O2S/c1-24-14-7-6-8-15(11-14)25-13-17-21-23-16(19-20-18(23)26-17)12-22-9-4-2-3-5-10-22/h6-8,11H,2-5,9-10,12-13H2,1H3. The van der Waals surface area contributed by atoms with Gasteiger partial charge in [-0.15, -0.1) is 10.2 Å². The monoisotopic (exact) mass is 373 g/mol. The van der Waals surface area contributed by atoms with E-state index in [0.717, 1.165) is 46.9 Å². The molecule has 8 heteroatoms. The van der Waals surface area contributed by atoms with Crippen LogP contribution in [0.5, 0.6) is 11.5 Å². The van der Waals surface area contributed by atoms with Gasteiger partial charge in [-0.05, 0) is 38.1 Å². The zero-order valence-electron chi connectivity index (χ0n) is 14.9. The summed E-state index contributed by atoms with van der Waals surface area (Å²) in [6.45, 7) is 3.47. The van der Waals surface area contributed by atoms with Crippen LogP contribution in [-0.2, 0) is 13.2 Å². The van der Waals surface area contributed by atoms with Crippen LogP contribution < -0.4 is 9.47 Å². The lowest BCUT2D eigenvalue weighted by Crippen LogP contribution is -2.25. The van der Waals surface area contributed by atoms with Gasteiger partial charge < -0.3 is 9.47 Å². The summed E-state index contributed by atoms with van der Waals surface area (Å²) in [6.07, 6.45) is 5.18. The van der Waals surface area contributed by atoms with Crippen LogP contribution in [0.2, 0.25) is 0 Å². The van der Waals surface area contributed by atoms with Gasteiger partial charge in [-0.1, -0.05) is 30.2 Å². The first-order valence-electron chi connectivity index (χ1n) is 9.01. The highest BCUT2D eigenvalue weighted by Crippen LogP contribution is 2.22. The lowest BCUT2D eigenvalue weighted by molar-refractivity contribution is 0.267. The molecule has 0 atom stereocenters. The molecule has 0 saturated carbocycles. The van der Waals surface area contributed by atoms with Crippen molar-refractivity contribution in [2.24, 2.45) is 0 Å². The van der Waals surface area contributed by atoms with Gasteiger partial charge in [0, 0.05) is 6.07 Å². The molecule has 3 heterocycles. The molecule has 7 nitrogen and oxygen atoms in total. The molecule has 0 amide bonds. The molecule has 0 spiro atoms. The molecule has 3 aromatic rings. The van der Waals surface area contributed by atoms with Crippen molar-refractivity contribution < 1.29 is 9.47 Å². The van der Waals surface area contributed by atoms with E-state index in [1.165, 1.54) is 37.0 Å². The molecule has 0 unspecified atom stereocenters. The molecule has 2 aromatic heterocycles. The van der Waals surface area contributed by atoms with Gasteiger partial charge in [-0.3, -0.25) is 4.90 Å². The fourth-order valence-electron chi connectivity index (χ4n) is 3.18. The summed E-state index contributed by atoms with van der Waals surface area (Å²) < 4.78 is 12.9. The molecule has 1 aliphatic heterocycles. The van der Waals surface area contributed by atoms with Gasteiger partial charge in [0.25, 0.3) is 0 Å². The van der Waals surface area contributed by atoms with E-state index in [2.05, 4.69) is 20.2 Å². The molecule has 138 valence electrons. The Bertz CT molecular complexity index is 854. The molecule has 4 rings (SSSR count). The molecule has 0 bridgehead atoms. The third kappa shape index (κ3) is 3.96. The minimum Gasteiger partial charge on any atom is -0.497 e. The average Bonchev–Trinajstić information content (AvgIpc) is 3.13. The first-order chi connectivity index (χ1) is 12.8. The van der Waals surface area contributed by atoms with E-state index in [0.29, 0.717) is 6.61 Å². The van der Waals surface area contributed by atoms with Crippen LogP contribution in [0.25, 0.3) is 4.96 Å². The van der Waals surface area contributed by atoms with Crippen LogP contribution in [0.3, 0.4) is 0 Å². The number of nitrogens with zero attached hydrogens (tertiary/aromatic N) is 5. The quantitative estimate of drug-likeness (QED) is 0.661. The number of rotatable bonds is 6. The van der Waals surface area contributed by atoms with Crippen LogP contribution in [-0.4, -0.2) is 44.9 Å². The maximum absolute atomic E-state index is 5.84. The van der Waals surface area contributed by atoms with Crippen molar-refractivity contribution >= 4 is 16.3 Å². The predicted octanol–water partition coefficient (Wildman–Crippen LogP) is 3.15. The third-order valence-corrected chi connectivity index (χ3v) is 5.44. The van der Waals surface area contributed by atoms with E-state index in [9.17, 15) is 0 Å². The maximum Gasteiger partial charge on any atom is 0.234 e. The minimum absolute atomic E-state index is 0.407. The van der Waals surface area contributed by atoms with Crippen LogP contribution in [0.4, 0.5) is 0 Å². The lowest BCUT2D eigenvalue weighted by atomic mass is 10.2. The molecule has 1 saturated heterocycles. The Hall–Kier alpha value is -2.19.